The Hall–Kier alpha value is -0.900. The summed E-state index contributed by atoms with van der Waals surface area (Å²) in [5, 5.41) is 0. The summed E-state index contributed by atoms with van der Waals surface area (Å²) in [4.78, 5) is 4.34. The number of imidazole rings is 1. The van der Waals surface area contributed by atoms with Crippen molar-refractivity contribution in [1.29, 1.82) is 0 Å². The van der Waals surface area contributed by atoms with Crippen molar-refractivity contribution in [3.8, 4) is 0 Å². The fraction of sp³-hybridized carbons (Fsp3) is 0.667. The number of fused-ring (bicyclic) bond motifs is 1. The van der Waals surface area contributed by atoms with Crippen molar-refractivity contribution in [2.45, 2.75) is 39.0 Å². The van der Waals surface area contributed by atoms with Gasteiger partial charge in [-0.25, -0.2) is 9.37 Å². The van der Waals surface area contributed by atoms with Gasteiger partial charge in [-0.3, -0.25) is 0 Å². The highest BCUT2D eigenvalue weighted by atomic mass is 19.1. The highest BCUT2D eigenvalue weighted by molar-refractivity contribution is 5.18. The van der Waals surface area contributed by atoms with Gasteiger partial charge in [0.2, 0.25) is 0 Å². The zero-order valence-electron chi connectivity index (χ0n) is 7.92. The second-order valence-corrected chi connectivity index (χ2v) is 3.69. The van der Waals surface area contributed by atoms with E-state index in [1.54, 1.807) is 0 Å². The van der Waals surface area contributed by atoms with Gasteiger partial charge in [-0.2, -0.15) is 0 Å². The lowest BCUT2D eigenvalue weighted by Gasteiger charge is -2.23. The molecule has 3 nitrogen and oxygen atoms in total. The normalized spacial score (nSPS) is 27.4. The molecule has 72 valence electrons. The summed E-state index contributed by atoms with van der Waals surface area (Å²) in [6, 6.07) is -0.240. The molecule has 1 aromatic rings. The quantitative estimate of drug-likeness (QED) is 0.657. The highest BCUT2D eigenvalue weighted by Crippen LogP contribution is 2.26. The lowest BCUT2D eigenvalue weighted by molar-refractivity contribution is 0.229. The van der Waals surface area contributed by atoms with E-state index in [0.717, 1.165) is 17.2 Å². The first-order valence-electron chi connectivity index (χ1n) is 4.53. The van der Waals surface area contributed by atoms with Crippen molar-refractivity contribution in [2.24, 2.45) is 5.73 Å². The molecule has 2 rings (SSSR count). The summed E-state index contributed by atoms with van der Waals surface area (Å²) in [5.74, 6) is 0.837. The van der Waals surface area contributed by atoms with Crippen LogP contribution in [0.25, 0.3) is 0 Å². The molecule has 2 N–H and O–H groups in total. The molecule has 4 heteroatoms. The Kier molecular flexibility index (Phi) is 1.87. The van der Waals surface area contributed by atoms with Gasteiger partial charge in [0.1, 0.15) is 12.0 Å². The lowest BCUT2D eigenvalue weighted by atomic mass is 10.1. The molecule has 0 radical (unpaired) electrons. The van der Waals surface area contributed by atoms with Crippen LogP contribution in [0.2, 0.25) is 0 Å². The molecule has 2 heterocycles. The average Bonchev–Trinajstić information content (AvgIpc) is 2.32. The smallest absolute Gasteiger partial charge is 0.126 e. The maximum Gasteiger partial charge on any atom is 0.126 e. The predicted molar refractivity (Wildman–Crippen MR) is 48.1 cm³/mol. The molecular formula is C9H14FN3. The van der Waals surface area contributed by atoms with Crippen molar-refractivity contribution < 1.29 is 4.39 Å². The summed E-state index contributed by atoms with van der Waals surface area (Å²) in [6.07, 6.45) is -0.426. The molecule has 0 spiro atoms. The molecule has 0 amide bonds. The minimum Gasteiger partial charge on any atom is -0.328 e. The van der Waals surface area contributed by atoms with Crippen molar-refractivity contribution in [1.82, 2.24) is 9.55 Å². The molecule has 2 unspecified atom stereocenters. The molecule has 0 aliphatic carbocycles. The molecule has 0 fully saturated rings. The topological polar surface area (TPSA) is 43.8 Å². The fourth-order valence-electron chi connectivity index (χ4n) is 1.85. The van der Waals surface area contributed by atoms with Crippen LogP contribution in [0, 0.1) is 13.8 Å². The van der Waals surface area contributed by atoms with Gasteiger partial charge in [0.25, 0.3) is 0 Å². The van der Waals surface area contributed by atoms with Gasteiger partial charge in [-0.1, -0.05) is 0 Å². The maximum absolute atomic E-state index is 13.2. The summed E-state index contributed by atoms with van der Waals surface area (Å²) in [6.45, 7) is 4.30. The Labute approximate surface area is 76.8 Å². The van der Waals surface area contributed by atoms with Gasteiger partial charge in [0.15, 0.2) is 0 Å². The number of hydrogen-bond acceptors (Lipinski definition) is 2. The highest BCUT2D eigenvalue weighted by Gasteiger charge is 2.27. The number of nitrogens with two attached hydrogens (primary N) is 1. The average molecular weight is 183 g/mol. The third-order valence-corrected chi connectivity index (χ3v) is 2.71. The predicted octanol–water partition coefficient (Wildman–Crippen LogP) is 1.24. The summed E-state index contributed by atoms with van der Waals surface area (Å²) in [5.41, 5.74) is 7.79. The van der Waals surface area contributed by atoms with Gasteiger partial charge < -0.3 is 10.3 Å². The maximum atomic E-state index is 13.2. The first-order valence-corrected chi connectivity index (χ1v) is 4.53. The van der Waals surface area contributed by atoms with E-state index in [1.807, 2.05) is 18.4 Å². The molecule has 0 bridgehead atoms. The molecule has 1 aromatic heterocycles. The van der Waals surface area contributed by atoms with Crippen LogP contribution < -0.4 is 5.73 Å². The summed E-state index contributed by atoms with van der Waals surface area (Å²) in [7, 11) is 0. The largest absolute Gasteiger partial charge is 0.328 e. The van der Waals surface area contributed by atoms with Crippen molar-refractivity contribution in [3.05, 3.63) is 17.2 Å². The van der Waals surface area contributed by atoms with Crippen LogP contribution in [0.15, 0.2) is 0 Å². The van der Waals surface area contributed by atoms with E-state index in [-0.39, 0.29) is 6.04 Å². The Morgan fingerprint density at radius 3 is 2.92 bits per heavy atom. The van der Waals surface area contributed by atoms with Crippen molar-refractivity contribution in [3.63, 3.8) is 0 Å². The Balaban J connectivity index is 2.49. The number of aromatic nitrogens is 2. The summed E-state index contributed by atoms with van der Waals surface area (Å²) >= 11 is 0. The van der Waals surface area contributed by atoms with E-state index in [0.29, 0.717) is 13.0 Å². The number of hydrogen-bond donors (Lipinski definition) is 1. The minimum absolute atomic E-state index is 0.240. The Morgan fingerprint density at radius 2 is 2.23 bits per heavy atom. The van der Waals surface area contributed by atoms with Crippen LogP contribution in [0.5, 0.6) is 0 Å². The third kappa shape index (κ3) is 1.25. The first kappa shape index (κ1) is 8.69. The number of nitrogens with zero attached hydrogens (tertiary/aromatic N) is 2. The van der Waals surface area contributed by atoms with E-state index < -0.39 is 6.17 Å². The van der Waals surface area contributed by atoms with Crippen LogP contribution in [0.1, 0.15) is 29.7 Å². The third-order valence-electron chi connectivity index (χ3n) is 2.71. The molecule has 0 aromatic carbocycles. The second kappa shape index (κ2) is 2.80. The van der Waals surface area contributed by atoms with Gasteiger partial charge in [0, 0.05) is 12.1 Å². The zero-order chi connectivity index (χ0) is 9.59. The number of alkyl halides is 1. The molecule has 1 aliphatic rings. The number of rotatable bonds is 0. The Morgan fingerprint density at radius 1 is 1.54 bits per heavy atom. The molecule has 0 saturated heterocycles. The number of aryl methyl sites for hydroxylation is 1. The molecular weight excluding hydrogens is 169 g/mol. The van der Waals surface area contributed by atoms with E-state index in [1.165, 1.54) is 0 Å². The minimum atomic E-state index is -0.824. The number of halogens is 1. The monoisotopic (exact) mass is 183 g/mol. The van der Waals surface area contributed by atoms with Gasteiger partial charge >= 0.3 is 0 Å². The Bertz CT molecular complexity index is 332. The molecule has 2 atom stereocenters. The van der Waals surface area contributed by atoms with E-state index in [2.05, 4.69) is 4.98 Å². The lowest BCUT2D eigenvalue weighted by Crippen LogP contribution is -2.30. The van der Waals surface area contributed by atoms with Crippen LogP contribution >= 0.6 is 0 Å². The van der Waals surface area contributed by atoms with Crippen LogP contribution in [-0.4, -0.2) is 15.7 Å². The van der Waals surface area contributed by atoms with Crippen LogP contribution in [0.3, 0.4) is 0 Å². The van der Waals surface area contributed by atoms with E-state index in [4.69, 9.17) is 5.73 Å². The van der Waals surface area contributed by atoms with E-state index >= 15 is 0 Å². The van der Waals surface area contributed by atoms with Gasteiger partial charge in [-0.05, 0) is 13.8 Å². The zero-order valence-corrected chi connectivity index (χ0v) is 7.92. The second-order valence-electron chi connectivity index (χ2n) is 3.69. The first-order chi connectivity index (χ1) is 6.09. The molecule has 0 saturated carbocycles. The van der Waals surface area contributed by atoms with Crippen molar-refractivity contribution in [2.75, 3.05) is 0 Å². The standard InChI is InChI=1S/C9H14FN3/c1-5-6(2)13-4-7(10)3-8(11)9(13)12-5/h7-8H,3-4,11H2,1-2H3. The SMILES string of the molecule is Cc1nc2n(c1C)CC(F)CC2N. The fourth-order valence-corrected chi connectivity index (χ4v) is 1.85. The molecule has 13 heavy (non-hydrogen) atoms. The van der Waals surface area contributed by atoms with Crippen LogP contribution in [0.4, 0.5) is 4.39 Å². The molecule has 1 aliphatic heterocycles. The van der Waals surface area contributed by atoms with E-state index in [9.17, 15) is 4.39 Å². The van der Waals surface area contributed by atoms with Crippen LogP contribution in [-0.2, 0) is 6.54 Å². The van der Waals surface area contributed by atoms with Crippen molar-refractivity contribution >= 4 is 0 Å². The summed E-state index contributed by atoms with van der Waals surface area (Å²) < 4.78 is 15.1. The van der Waals surface area contributed by atoms with Gasteiger partial charge in [0.05, 0.1) is 18.3 Å². The van der Waals surface area contributed by atoms with Gasteiger partial charge in [-0.15, -0.1) is 0 Å².